The van der Waals surface area contributed by atoms with Gasteiger partial charge in [0.05, 0.1) is 11.3 Å². The van der Waals surface area contributed by atoms with Crippen LogP contribution in [0.3, 0.4) is 0 Å². The molecule has 1 atom stereocenters. The molecule has 3 aromatic rings. The molecule has 0 bridgehead atoms. The molecule has 0 fully saturated rings. The zero-order valence-corrected chi connectivity index (χ0v) is 17.6. The first-order valence-corrected chi connectivity index (χ1v) is 10.9. The van der Waals surface area contributed by atoms with E-state index >= 15 is 0 Å². The minimum Gasteiger partial charge on any atom is -0.291 e. The lowest BCUT2D eigenvalue weighted by atomic mass is 10.0. The van der Waals surface area contributed by atoms with Gasteiger partial charge in [-0.2, -0.15) is 0 Å². The maximum atomic E-state index is 13.2. The van der Waals surface area contributed by atoms with Gasteiger partial charge >= 0.3 is 11.3 Å². The minimum atomic E-state index is -0.606. The number of hydrogen-bond donors (Lipinski definition) is 1. The third-order valence-electron chi connectivity index (χ3n) is 4.83. The van der Waals surface area contributed by atoms with Crippen molar-refractivity contribution in [3.05, 3.63) is 69.5 Å². The van der Waals surface area contributed by atoms with Crippen LogP contribution in [0.1, 0.15) is 31.5 Å². The number of nitrogens with one attached hydrogen (secondary N) is 1. The van der Waals surface area contributed by atoms with Crippen LogP contribution < -0.4 is 15.1 Å². The number of nitrogens with zero attached hydrogens (tertiary/aromatic N) is 3. The van der Waals surface area contributed by atoms with Crippen LogP contribution >= 0.6 is 23.4 Å². The second-order valence-electron chi connectivity index (χ2n) is 6.72. The van der Waals surface area contributed by atoms with Gasteiger partial charge in [0, 0.05) is 22.1 Å². The molecular weight excluding hydrogens is 408 g/mol. The maximum Gasteiger partial charge on any atom is 0.325 e. The molecule has 1 aromatic heterocycles. The fraction of sp³-hybridized carbons (Fsp3) is 0.238. The van der Waals surface area contributed by atoms with E-state index in [0.29, 0.717) is 33.5 Å². The van der Waals surface area contributed by atoms with Crippen LogP contribution in [-0.4, -0.2) is 22.2 Å². The van der Waals surface area contributed by atoms with Gasteiger partial charge in [-0.05, 0) is 41.6 Å². The van der Waals surface area contributed by atoms with Crippen LogP contribution in [0.2, 0.25) is 5.02 Å². The van der Waals surface area contributed by atoms with Crippen LogP contribution in [0.15, 0.2) is 58.5 Å². The molecule has 0 unspecified atom stereocenters. The molecule has 29 heavy (non-hydrogen) atoms. The van der Waals surface area contributed by atoms with Gasteiger partial charge in [0.15, 0.2) is 0 Å². The number of rotatable bonds is 4. The third kappa shape index (κ3) is 3.45. The van der Waals surface area contributed by atoms with E-state index in [9.17, 15) is 9.59 Å². The maximum absolute atomic E-state index is 13.2. The lowest BCUT2D eigenvalue weighted by Gasteiger charge is -2.32. The molecule has 148 valence electrons. The molecule has 0 aliphatic carbocycles. The van der Waals surface area contributed by atoms with Crippen LogP contribution in [0.4, 0.5) is 5.69 Å². The van der Waals surface area contributed by atoms with Crippen molar-refractivity contribution in [1.29, 1.82) is 0 Å². The summed E-state index contributed by atoms with van der Waals surface area (Å²) < 4.78 is 1.65. The fourth-order valence-electron chi connectivity index (χ4n) is 3.64. The van der Waals surface area contributed by atoms with Gasteiger partial charge < -0.3 is 0 Å². The topological polar surface area (TPSA) is 69.9 Å². The Morgan fingerprint density at radius 2 is 2.07 bits per heavy atom. The van der Waals surface area contributed by atoms with Crippen molar-refractivity contribution in [2.24, 2.45) is 0 Å². The van der Waals surface area contributed by atoms with Crippen LogP contribution in [0, 0.1) is 0 Å². The summed E-state index contributed by atoms with van der Waals surface area (Å²) >= 11 is 7.60. The van der Waals surface area contributed by atoms with E-state index < -0.39 is 6.17 Å². The van der Waals surface area contributed by atoms with Gasteiger partial charge in [-0.15, -0.1) is 0 Å². The molecule has 6 nitrogen and oxygen atoms in total. The summed E-state index contributed by atoms with van der Waals surface area (Å²) in [5.74, 6) is -0.0316. The Labute approximate surface area is 177 Å². The number of halogens is 1. The van der Waals surface area contributed by atoms with E-state index in [-0.39, 0.29) is 11.5 Å². The van der Waals surface area contributed by atoms with Gasteiger partial charge in [-0.25, -0.2) is 4.90 Å². The van der Waals surface area contributed by atoms with Crippen molar-refractivity contribution in [3.8, 4) is 11.3 Å². The quantitative estimate of drug-likeness (QED) is 0.508. The minimum absolute atomic E-state index is 0.0316. The Balaban J connectivity index is 2.07. The first-order chi connectivity index (χ1) is 14.0. The highest BCUT2D eigenvalue weighted by Gasteiger charge is 2.45. The Hall–Kier alpha value is -2.64. The van der Waals surface area contributed by atoms with Crippen molar-refractivity contribution in [3.63, 3.8) is 0 Å². The Bertz CT molecular complexity index is 1150. The number of carbonyl (C=O) groups is 1. The van der Waals surface area contributed by atoms with Crippen LogP contribution in [0.5, 0.6) is 0 Å². The lowest BCUT2D eigenvalue weighted by Crippen LogP contribution is -2.60. The number of H-pyrrole nitrogens is 1. The van der Waals surface area contributed by atoms with Crippen LogP contribution in [0.25, 0.3) is 11.3 Å². The van der Waals surface area contributed by atoms with Gasteiger partial charge in [0.25, 0.3) is 6.17 Å². The van der Waals surface area contributed by atoms with E-state index in [1.54, 1.807) is 15.6 Å². The fourth-order valence-corrected chi connectivity index (χ4v) is 4.20. The van der Waals surface area contributed by atoms with Crippen molar-refractivity contribution >= 4 is 35.0 Å². The summed E-state index contributed by atoms with van der Waals surface area (Å²) in [4.78, 5) is 30.8. The van der Waals surface area contributed by atoms with E-state index in [1.807, 2.05) is 55.6 Å². The molecule has 0 radical (unpaired) electrons. The van der Waals surface area contributed by atoms with E-state index in [0.717, 1.165) is 12.0 Å². The molecule has 1 N–H and O–H groups in total. The Kier molecular flexibility index (Phi) is 5.43. The highest BCUT2D eigenvalue weighted by Crippen LogP contribution is 2.38. The summed E-state index contributed by atoms with van der Waals surface area (Å²) in [6.07, 6.45) is 2.35. The molecule has 2 aromatic carbocycles. The van der Waals surface area contributed by atoms with Crippen molar-refractivity contribution in [2.45, 2.75) is 31.1 Å². The molecule has 4 rings (SSSR count). The number of amides is 1. The van der Waals surface area contributed by atoms with Crippen molar-refractivity contribution in [1.82, 2.24) is 10.1 Å². The molecule has 0 spiro atoms. The predicted molar refractivity (Wildman–Crippen MR) is 114 cm³/mol. The summed E-state index contributed by atoms with van der Waals surface area (Å²) in [5.41, 5.74) is 2.33. The monoisotopic (exact) mass is 427 g/mol. The number of thioether (sulfide) groups is 1. The average molecular weight is 428 g/mol. The van der Waals surface area contributed by atoms with E-state index in [2.05, 4.69) is 10.1 Å². The van der Waals surface area contributed by atoms with Crippen molar-refractivity contribution in [2.75, 3.05) is 11.2 Å². The number of hydrogen-bond acceptors (Lipinski definition) is 4. The lowest BCUT2D eigenvalue weighted by molar-refractivity contribution is -0.763. The molecule has 8 heteroatoms. The number of carbonyl (C=O) groups excluding carboxylic acids is 1. The largest absolute Gasteiger partial charge is 0.325 e. The smallest absolute Gasteiger partial charge is 0.291 e. The second-order valence-corrected chi connectivity index (χ2v) is 7.95. The second kappa shape index (κ2) is 8.00. The number of anilines is 1. The summed E-state index contributed by atoms with van der Waals surface area (Å²) in [7, 11) is 0. The van der Waals surface area contributed by atoms with Gasteiger partial charge in [0.2, 0.25) is 11.1 Å². The number of benzene rings is 2. The number of aromatic amines is 1. The van der Waals surface area contributed by atoms with Gasteiger partial charge in [-0.3, -0.25) is 14.6 Å². The van der Waals surface area contributed by atoms with Gasteiger partial charge in [-0.1, -0.05) is 54.6 Å². The summed E-state index contributed by atoms with van der Waals surface area (Å²) in [6.45, 7) is 1.97. The Morgan fingerprint density at radius 3 is 2.79 bits per heavy atom. The zero-order chi connectivity index (χ0) is 20.5. The molecule has 1 aliphatic rings. The number of fused-ring (bicyclic) bond motifs is 3. The van der Waals surface area contributed by atoms with E-state index in [1.165, 1.54) is 11.8 Å². The third-order valence-corrected chi connectivity index (χ3v) is 5.64. The molecule has 0 saturated heterocycles. The average Bonchev–Trinajstić information content (AvgIpc) is 2.72. The highest BCUT2D eigenvalue weighted by atomic mass is 35.5. The molecule has 2 heterocycles. The first kappa shape index (κ1) is 19.7. The molecule has 1 amide bonds. The standard InChI is InChI=1S/C21H19ClN4O2S/c1-3-7-17(27)25-16-11-5-4-10-15(16)18-19(28)23-21(29-2)24-26(18)20(25)13-8-6-9-14(22)12-13/h4-6,8-12,20H,3,7H2,1-2H3/p+1/t20-/m1/s1. The Morgan fingerprint density at radius 1 is 1.28 bits per heavy atom. The highest BCUT2D eigenvalue weighted by molar-refractivity contribution is 7.98. The normalized spacial score (nSPS) is 15.0. The first-order valence-electron chi connectivity index (χ1n) is 9.32. The zero-order valence-electron chi connectivity index (χ0n) is 16.1. The van der Waals surface area contributed by atoms with Crippen LogP contribution in [-0.2, 0) is 4.79 Å². The molecule has 1 aliphatic heterocycles. The molecule has 0 saturated carbocycles. The summed E-state index contributed by atoms with van der Waals surface area (Å²) in [5, 5.41) is 5.70. The number of aromatic nitrogens is 3. The number of para-hydroxylation sites is 1. The molecular formula is C21H20ClN4O2S+. The van der Waals surface area contributed by atoms with E-state index in [4.69, 9.17) is 11.6 Å². The van der Waals surface area contributed by atoms with Crippen molar-refractivity contribution < 1.29 is 9.48 Å². The predicted octanol–water partition coefficient (Wildman–Crippen LogP) is 3.79. The summed E-state index contributed by atoms with van der Waals surface area (Å²) in [6, 6.07) is 14.8. The SMILES string of the molecule is CCCC(=O)N1c2ccccc2-c2c(=O)[nH]c(SC)n[n+]2[C@@H]1c1cccc(Cl)c1. The van der Waals surface area contributed by atoms with Gasteiger partial charge in [0.1, 0.15) is 0 Å².